The van der Waals surface area contributed by atoms with Crippen molar-refractivity contribution in [3.8, 4) is 11.1 Å². The third-order valence-corrected chi connectivity index (χ3v) is 7.44. The molecule has 0 aliphatic carbocycles. The molecular formula is C21H25N3O3S. The van der Waals surface area contributed by atoms with Gasteiger partial charge < -0.3 is 10.2 Å². The lowest BCUT2D eigenvalue weighted by Crippen LogP contribution is -2.57. The van der Waals surface area contributed by atoms with Gasteiger partial charge in [-0.1, -0.05) is 48.5 Å². The minimum atomic E-state index is -3.65. The molecule has 0 saturated carbocycles. The standard InChI is InChI=1S/C21H25N3O3S/c25-21-15-22-12-14-24(21)18-9-6-13-23(16-18)28(26,27)20-11-5-4-10-19(20)17-7-2-1-3-8-17/h1-5,7-8,10-11,18,22H,6,9,12-16H2. The Bertz CT molecular complexity index is 946. The number of piperidine rings is 1. The molecule has 2 aliphatic rings. The zero-order chi connectivity index (χ0) is 19.6. The highest BCUT2D eigenvalue weighted by Gasteiger charge is 2.36. The van der Waals surface area contributed by atoms with Gasteiger partial charge in [-0.2, -0.15) is 4.31 Å². The van der Waals surface area contributed by atoms with Crippen molar-refractivity contribution < 1.29 is 13.2 Å². The summed E-state index contributed by atoms with van der Waals surface area (Å²) in [5.74, 6) is 0.0557. The van der Waals surface area contributed by atoms with Crippen molar-refractivity contribution in [1.29, 1.82) is 0 Å². The summed E-state index contributed by atoms with van der Waals surface area (Å²) < 4.78 is 28.6. The van der Waals surface area contributed by atoms with E-state index in [1.54, 1.807) is 16.4 Å². The Kier molecular flexibility index (Phi) is 5.48. The maximum atomic E-state index is 13.5. The van der Waals surface area contributed by atoms with Gasteiger partial charge in [-0.15, -0.1) is 0 Å². The number of hydrogen-bond donors (Lipinski definition) is 1. The Morgan fingerprint density at radius 3 is 2.50 bits per heavy atom. The predicted molar refractivity (Wildman–Crippen MR) is 108 cm³/mol. The maximum Gasteiger partial charge on any atom is 0.243 e. The molecule has 0 radical (unpaired) electrons. The maximum absolute atomic E-state index is 13.5. The third kappa shape index (κ3) is 3.70. The summed E-state index contributed by atoms with van der Waals surface area (Å²) in [6.07, 6.45) is 1.60. The molecular weight excluding hydrogens is 374 g/mol. The van der Waals surface area contributed by atoms with Crippen LogP contribution >= 0.6 is 0 Å². The minimum Gasteiger partial charge on any atom is -0.336 e. The molecule has 1 atom stereocenters. The Morgan fingerprint density at radius 2 is 1.71 bits per heavy atom. The first-order valence-electron chi connectivity index (χ1n) is 9.72. The molecule has 1 N–H and O–H groups in total. The fraction of sp³-hybridized carbons (Fsp3) is 0.381. The van der Waals surface area contributed by atoms with Crippen LogP contribution in [-0.2, 0) is 14.8 Å². The number of nitrogens with one attached hydrogen (secondary N) is 1. The summed E-state index contributed by atoms with van der Waals surface area (Å²) in [6.45, 7) is 2.57. The van der Waals surface area contributed by atoms with Crippen LogP contribution in [0, 0.1) is 0 Å². The molecule has 7 heteroatoms. The minimum absolute atomic E-state index is 0.0537. The molecule has 0 spiro atoms. The molecule has 2 heterocycles. The van der Waals surface area contributed by atoms with E-state index in [9.17, 15) is 13.2 Å². The Labute approximate surface area is 166 Å². The van der Waals surface area contributed by atoms with Crippen molar-refractivity contribution in [3.63, 3.8) is 0 Å². The Balaban J connectivity index is 1.63. The number of nitrogens with zero attached hydrogens (tertiary/aromatic N) is 2. The van der Waals surface area contributed by atoms with Gasteiger partial charge in [0.25, 0.3) is 0 Å². The van der Waals surface area contributed by atoms with Gasteiger partial charge in [0.15, 0.2) is 0 Å². The van der Waals surface area contributed by atoms with Gasteiger partial charge in [-0.25, -0.2) is 8.42 Å². The number of rotatable bonds is 4. The molecule has 1 amide bonds. The average molecular weight is 400 g/mol. The van der Waals surface area contributed by atoms with E-state index in [0.29, 0.717) is 36.6 Å². The van der Waals surface area contributed by atoms with Crippen LogP contribution in [0.5, 0.6) is 0 Å². The van der Waals surface area contributed by atoms with Crippen LogP contribution in [0.4, 0.5) is 0 Å². The van der Waals surface area contributed by atoms with Crippen molar-refractivity contribution >= 4 is 15.9 Å². The van der Waals surface area contributed by atoms with Crippen LogP contribution in [0.25, 0.3) is 11.1 Å². The number of sulfonamides is 1. The topological polar surface area (TPSA) is 69.7 Å². The van der Waals surface area contributed by atoms with Crippen LogP contribution in [0.1, 0.15) is 12.8 Å². The lowest BCUT2D eigenvalue weighted by Gasteiger charge is -2.40. The van der Waals surface area contributed by atoms with E-state index < -0.39 is 10.0 Å². The van der Waals surface area contributed by atoms with Crippen LogP contribution in [-0.4, -0.2) is 62.3 Å². The number of piperazine rings is 1. The SMILES string of the molecule is O=C1CNCCN1C1CCCN(S(=O)(=O)c2ccccc2-c2ccccc2)C1. The Hall–Kier alpha value is -2.22. The molecule has 2 fully saturated rings. The summed E-state index contributed by atoms with van der Waals surface area (Å²) in [7, 11) is -3.65. The highest BCUT2D eigenvalue weighted by atomic mass is 32.2. The second-order valence-corrected chi connectivity index (χ2v) is 9.19. The van der Waals surface area contributed by atoms with Gasteiger partial charge >= 0.3 is 0 Å². The smallest absolute Gasteiger partial charge is 0.243 e. The van der Waals surface area contributed by atoms with Crippen LogP contribution in [0.2, 0.25) is 0 Å². The highest BCUT2D eigenvalue weighted by Crippen LogP contribution is 2.31. The van der Waals surface area contributed by atoms with Crippen LogP contribution < -0.4 is 5.32 Å². The molecule has 2 aliphatic heterocycles. The van der Waals surface area contributed by atoms with Gasteiger partial charge in [0.1, 0.15) is 0 Å². The summed E-state index contributed by atoms with van der Waals surface area (Å²) in [4.78, 5) is 14.4. The summed E-state index contributed by atoms with van der Waals surface area (Å²) in [5.41, 5.74) is 1.59. The average Bonchev–Trinajstić information content (AvgIpc) is 2.75. The van der Waals surface area contributed by atoms with Crippen molar-refractivity contribution in [2.75, 3.05) is 32.7 Å². The van der Waals surface area contributed by atoms with Crippen molar-refractivity contribution in [3.05, 3.63) is 54.6 Å². The van der Waals surface area contributed by atoms with Gasteiger partial charge in [0.05, 0.1) is 11.4 Å². The molecule has 2 saturated heterocycles. The molecule has 28 heavy (non-hydrogen) atoms. The summed E-state index contributed by atoms with van der Waals surface area (Å²) >= 11 is 0. The van der Waals surface area contributed by atoms with Crippen LogP contribution in [0.15, 0.2) is 59.5 Å². The van der Waals surface area contributed by atoms with E-state index >= 15 is 0 Å². The molecule has 0 bridgehead atoms. The quantitative estimate of drug-likeness (QED) is 0.853. The predicted octanol–water partition coefficient (Wildman–Crippen LogP) is 1.94. The van der Waals surface area contributed by atoms with Gasteiger partial charge in [0.2, 0.25) is 15.9 Å². The lowest BCUT2D eigenvalue weighted by molar-refractivity contribution is -0.135. The van der Waals surface area contributed by atoms with E-state index in [0.717, 1.165) is 24.9 Å². The second kappa shape index (κ2) is 8.03. The van der Waals surface area contributed by atoms with Gasteiger partial charge in [0, 0.05) is 37.8 Å². The normalized spacial score (nSPS) is 21.6. The zero-order valence-corrected chi connectivity index (χ0v) is 16.6. The fourth-order valence-electron chi connectivity index (χ4n) is 4.09. The number of benzene rings is 2. The molecule has 2 aromatic carbocycles. The molecule has 6 nitrogen and oxygen atoms in total. The van der Waals surface area contributed by atoms with E-state index in [1.165, 1.54) is 0 Å². The van der Waals surface area contributed by atoms with Crippen molar-refractivity contribution in [2.24, 2.45) is 0 Å². The summed E-state index contributed by atoms with van der Waals surface area (Å²) in [6, 6.07) is 16.7. The van der Waals surface area contributed by atoms with E-state index in [4.69, 9.17) is 0 Å². The molecule has 2 aromatic rings. The fourth-order valence-corrected chi connectivity index (χ4v) is 5.82. The number of carbonyl (C=O) groups is 1. The molecule has 1 unspecified atom stereocenters. The first-order chi connectivity index (χ1) is 13.6. The second-order valence-electron chi connectivity index (χ2n) is 7.29. The van der Waals surface area contributed by atoms with E-state index in [-0.39, 0.29) is 11.9 Å². The monoisotopic (exact) mass is 399 g/mol. The molecule has 148 valence electrons. The number of carbonyl (C=O) groups excluding carboxylic acids is 1. The number of amides is 1. The lowest BCUT2D eigenvalue weighted by atomic mass is 10.1. The van der Waals surface area contributed by atoms with E-state index in [2.05, 4.69) is 5.32 Å². The van der Waals surface area contributed by atoms with Gasteiger partial charge in [-0.3, -0.25) is 4.79 Å². The first-order valence-corrected chi connectivity index (χ1v) is 11.2. The van der Waals surface area contributed by atoms with Gasteiger partial charge in [-0.05, 0) is 24.5 Å². The van der Waals surface area contributed by atoms with E-state index in [1.807, 2.05) is 47.4 Å². The Morgan fingerprint density at radius 1 is 0.964 bits per heavy atom. The van der Waals surface area contributed by atoms with Crippen molar-refractivity contribution in [1.82, 2.24) is 14.5 Å². The first kappa shape index (κ1) is 19.1. The largest absolute Gasteiger partial charge is 0.336 e. The zero-order valence-electron chi connectivity index (χ0n) is 15.8. The summed E-state index contributed by atoms with van der Waals surface area (Å²) in [5, 5.41) is 3.07. The molecule has 0 aromatic heterocycles. The van der Waals surface area contributed by atoms with Crippen LogP contribution in [0.3, 0.4) is 0 Å². The third-order valence-electron chi connectivity index (χ3n) is 5.52. The van der Waals surface area contributed by atoms with Crippen molar-refractivity contribution in [2.45, 2.75) is 23.8 Å². The number of hydrogen-bond acceptors (Lipinski definition) is 4. The highest BCUT2D eigenvalue weighted by molar-refractivity contribution is 7.89. The molecule has 4 rings (SSSR count).